The molecule has 0 unspecified atom stereocenters. The molecule has 1 heterocycles. The fourth-order valence-corrected chi connectivity index (χ4v) is 2.21. The molecule has 0 spiro atoms. The highest BCUT2D eigenvalue weighted by molar-refractivity contribution is 9.10. The van der Waals surface area contributed by atoms with Gasteiger partial charge in [-0.15, -0.1) is 0 Å². The molecule has 0 fully saturated rings. The van der Waals surface area contributed by atoms with Crippen molar-refractivity contribution in [2.75, 3.05) is 0 Å². The number of nitrogens with zero attached hydrogens (tertiary/aromatic N) is 2. The molecule has 1 aromatic heterocycles. The lowest BCUT2D eigenvalue weighted by atomic mass is 10.1. The smallest absolute Gasteiger partial charge is 0.143 e. The zero-order valence-corrected chi connectivity index (χ0v) is 15.2. The molecule has 0 saturated heterocycles. The summed E-state index contributed by atoms with van der Waals surface area (Å²) in [6.45, 7) is 5.51. The van der Waals surface area contributed by atoms with E-state index in [1.807, 2.05) is 20.8 Å². The summed E-state index contributed by atoms with van der Waals surface area (Å²) in [6, 6.07) is 6.06. The van der Waals surface area contributed by atoms with Crippen molar-refractivity contribution in [2.45, 2.75) is 26.4 Å². The maximum Gasteiger partial charge on any atom is 0.143 e. The number of benzene rings is 1. The van der Waals surface area contributed by atoms with Crippen LogP contribution in [0, 0.1) is 0 Å². The summed E-state index contributed by atoms with van der Waals surface area (Å²) in [5.41, 5.74) is 0.184. The van der Waals surface area contributed by atoms with Gasteiger partial charge in [-0.1, -0.05) is 16.8 Å². The van der Waals surface area contributed by atoms with Crippen LogP contribution in [-0.4, -0.2) is 26.5 Å². The fraction of sp³-hybridized carbons (Fsp3) is 0.250. The lowest BCUT2D eigenvalue weighted by Gasteiger charge is -2.18. The van der Waals surface area contributed by atoms with Gasteiger partial charge in [-0.25, -0.2) is 0 Å². The van der Waals surface area contributed by atoms with Gasteiger partial charge in [0.2, 0.25) is 0 Å². The number of halogens is 2. The van der Waals surface area contributed by atoms with Gasteiger partial charge in [0.25, 0.3) is 0 Å². The summed E-state index contributed by atoms with van der Waals surface area (Å²) in [6.07, 6.45) is 1.52. The van der Waals surface area contributed by atoms with Crippen molar-refractivity contribution in [1.82, 2.24) is 4.98 Å². The molecule has 0 radical (unpaired) electrons. The van der Waals surface area contributed by atoms with Crippen molar-refractivity contribution in [3.63, 3.8) is 0 Å². The van der Waals surface area contributed by atoms with Crippen LogP contribution < -0.4 is 0 Å². The van der Waals surface area contributed by atoms with Crippen LogP contribution in [0.15, 0.2) is 40.1 Å². The normalized spacial score (nSPS) is 12.3. The maximum absolute atomic E-state index is 10.2. The van der Waals surface area contributed by atoms with Crippen LogP contribution in [-0.2, 0) is 4.84 Å². The van der Waals surface area contributed by atoms with Crippen LogP contribution in [0.3, 0.4) is 0 Å². The van der Waals surface area contributed by atoms with Gasteiger partial charge in [0.15, 0.2) is 0 Å². The summed E-state index contributed by atoms with van der Waals surface area (Å²) in [7, 11) is 0. The predicted molar refractivity (Wildman–Crippen MR) is 93.2 cm³/mol. The number of hydrogen-bond acceptors (Lipinski definition) is 5. The first-order valence-corrected chi connectivity index (χ1v) is 7.95. The van der Waals surface area contributed by atoms with Gasteiger partial charge in [-0.05, 0) is 54.9 Å². The zero-order chi connectivity index (χ0) is 17.2. The number of aromatic nitrogens is 1. The molecule has 0 amide bonds. The minimum absolute atomic E-state index is 0.0748. The number of hydrogen-bond donors (Lipinski definition) is 2. The Hall–Kier alpha value is -1.79. The number of rotatable bonds is 3. The first-order valence-electron chi connectivity index (χ1n) is 6.78. The average Bonchev–Trinajstić information content (AvgIpc) is 2.45. The summed E-state index contributed by atoms with van der Waals surface area (Å²) in [5, 5.41) is 24.7. The van der Waals surface area contributed by atoms with Gasteiger partial charge in [0, 0.05) is 22.3 Å². The van der Waals surface area contributed by atoms with Gasteiger partial charge >= 0.3 is 0 Å². The molecule has 0 aliphatic heterocycles. The third-order valence-corrected chi connectivity index (χ3v) is 3.91. The molecule has 1 aromatic carbocycles. The molecule has 7 heteroatoms. The Morgan fingerprint density at radius 1 is 1.26 bits per heavy atom. The summed E-state index contributed by atoms with van der Waals surface area (Å²) < 4.78 is 0.575. The van der Waals surface area contributed by atoms with Crippen LogP contribution in [0.4, 0.5) is 0 Å². The van der Waals surface area contributed by atoms with E-state index >= 15 is 0 Å². The van der Waals surface area contributed by atoms with Crippen molar-refractivity contribution < 1.29 is 15.1 Å². The average molecular weight is 400 g/mol. The van der Waals surface area contributed by atoms with E-state index in [1.165, 1.54) is 18.3 Å². The van der Waals surface area contributed by atoms with Crippen LogP contribution in [0.5, 0.6) is 11.5 Å². The topological polar surface area (TPSA) is 74.9 Å². The lowest BCUT2D eigenvalue weighted by molar-refractivity contribution is 0.00109. The van der Waals surface area contributed by atoms with Crippen molar-refractivity contribution in [1.29, 1.82) is 0 Å². The standard InChI is InChI=1S/C16H16BrClN2O3/c1-16(2,3)23-20-14(15-12(21)5-4-6-19-15)9-7-10(17)11(18)8-13(9)22/h4-8,21-22H,1-3H3. The van der Waals surface area contributed by atoms with Crippen molar-refractivity contribution in [3.8, 4) is 11.5 Å². The number of aromatic hydroxyl groups is 2. The Morgan fingerprint density at radius 2 is 1.96 bits per heavy atom. The van der Waals surface area contributed by atoms with Crippen LogP contribution in [0.2, 0.25) is 5.02 Å². The second-order valence-electron chi connectivity index (χ2n) is 5.80. The number of phenolic OH excluding ortho intramolecular Hbond substituents is 1. The second kappa shape index (κ2) is 6.76. The quantitative estimate of drug-likeness (QED) is 0.589. The van der Waals surface area contributed by atoms with Crippen LogP contribution in [0.1, 0.15) is 32.0 Å². The molecule has 122 valence electrons. The van der Waals surface area contributed by atoms with Crippen LogP contribution in [0.25, 0.3) is 0 Å². The zero-order valence-electron chi connectivity index (χ0n) is 12.8. The van der Waals surface area contributed by atoms with E-state index < -0.39 is 5.60 Å². The third kappa shape index (κ3) is 4.36. The number of pyridine rings is 1. The van der Waals surface area contributed by atoms with Crippen molar-refractivity contribution >= 4 is 33.2 Å². The highest BCUT2D eigenvalue weighted by Crippen LogP contribution is 2.33. The Labute approximate surface area is 147 Å². The largest absolute Gasteiger partial charge is 0.507 e. The minimum atomic E-state index is -0.547. The maximum atomic E-state index is 10.2. The van der Waals surface area contributed by atoms with Gasteiger partial charge in [-0.3, -0.25) is 4.98 Å². The molecule has 0 aliphatic rings. The van der Waals surface area contributed by atoms with Gasteiger partial charge in [-0.2, -0.15) is 0 Å². The molecule has 0 saturated carbocycles. The highest BCUT2D eigenvalue weighted by atomic mass is 79.9. The molecule has 5 nitrogen and oxygen atoms in total. The van der Waals surface area contributed by atoms with E-state index in [2.05, 4.69) is 26.1 Å². The Balaban J connectivity index is 2.64. The molecule has 2 aromatic rings. The van der Waals surface area contributed by atoms with Gasteiger partial charge in [0.05, 0.1) is 5.02 Å². The summed E-state index contributed by atoms with van der Waals surface area (Å²) in [4.78, 5) is 9.59. The number of phenols is 1. The second-order valence-corrected chi connectivity index (χ2v) is 7.06. The molecular weight excluding hydrogens is 384 g/mol. The molecular formula is C16H16BrClN2O3. The van der Waals surface area contributed by atoms with E-state index in [0.717, 1.165) is 0 Å². The first-order chi connectivity index (χ1) is 10.7. The molecule has 0 aliphatic carbocycles. The van der Waals surface area contributed by atoms with E-state index in [1.54, 1.807) is 12.1 Å². The van der Waals surface area contributed by atoms with Gasteiger partial charge in [0.1, 0.15) is 28.5 Å². The van der Waals surface area contributed by atoms with Gasteiger partial charge < -0.3 is 15.1 Å². The lowest BCUT2D eigenvalue weighted by Crippen LogP contribution is -2.18. The van der Waals surface area contributed by atoms with Crippen molar-refractivity contribution in [2.24, 2.45) is 5.16 Å². The molecule has 2 rings (SSSR count). The van der Waals surface area contributed by atoms with Crippen molar-refractivity contribution in [3.05, 3.63) is 51.2 Å². The number of oxime groups is 1. The molecule has 0 atom stereocenters. The summed E-state index contributed by atoms with van der Waals surface area (Å²) >= 11 is 9.28. The van der Waals surface area contributed by atoms with E-state index in [-0.39, 0.29) is 22.9 Å². The van der Waals surface area contributed by atoms with E-state index in [4.69, 9.17) is 16.4 Å². The first kappa shape index (κ1) is 17.6. The Morgan fingerprint density at radius 3 is 2.57 bits per heavy atom. The van der Waals surface area contributed by atoms with E-state index in [9.17, 15) is 10.2 Å². The SMILES string of the molecule is CC(C)(C)ON=C(c1cc(Br)c(Cl)cc1O)c1ncccc1O. The summed E-state index contributed by atoms with van der Waals surface area (Å²) in [5.74, 6) is -0.172. The fourth-order valence-electron chi connectivity index (χ4n) is 1.71. The highest BCUT2D eigenvalue weighted by Gasteiger charge is 2.21. The third-order valence-electron chi connectivity index (χ3n) is 2.72. The monoisotopic (exact) mass is 398 g/mol. The van der Waals surface area contributed by atoms with Crippen LogP contribution >= 0.6 is 27.5 Å². The Bertz CT molecular complexity index is 757. The molecule has 23 heavy (non-hydrogen) atoms. The Kier molecular flexibility index (Phi) is 5.16. The van der Waals surface area contributed by atoms with E-state index in [0.29, 0.717) is 15.1 Å². The molecule has 0 bridgehead atoms. The predicted octanol–water partition coefficient (Wildman–Crippen LogP) is 4.48. The minimum Gasteiger partial charge on any atom is -0.507 e. The molecule has 2 N–H and O–H groups in total.